The summed E-state index contributed by atoms with van der Waals surface area (Å²) in [6.45, 7) is 5.22. The first-order valence-electron chi connectivity index (χ1n) is 14.8. The molecule has 18 heteroatoms. The Morgan fingerprint density at radius 2 is 1.96 bits per heavy atom. The summed E-state index contributed by atoms with van der Waals surface area (Å²) in [5.41, 5.74) is 4.49. The first-order valence-corrected chi connectivity index (χ1v) is 16.4. The van der Waals surface area contributed by atoms with E-state index in [2.05, 4.69) is 20.0 Å². The molecule has 16 nitrogen and oxygen atoms in total. The maximum absolute atomic E-state index is 16.2. The van der Waals surface area contributed by atoms with Crippen LogP contribution in [0, 0.1) is 0 Å². The highest BCUT2D eigenvalue weighted by molar-refractivity contribution is 7.52. The number of carbonyl (C=O) groups excluding carboxylic acids is 2. The lowest BCUT2D eigenvalue weighted by Gasteiger charge is -2.26. The quantitative estimate of drug-likeness (QED) is 0.165. The van der Waals surface area contributed by atoms with Crippen molar-refractivity contribution >= 4 is 42.6 Å². The zero-order valence-electron chi connectivity index (χ0n) is 27.2. The summed E-state index contributed by atoms with van der Waals surface area (Å²) in [4.78, 5) is 38.8. The number of aliphatic hydroxyl groups is 1. The van der Waals surface area contributed by atoms with Crippen molar-refractivity contribution in [2.45, 2.75) is 76.8 Å². The molecule has 0 bridgehead atoms. The highest BCUT2D eigenvalue weighted by atomic mass is 31.2. The van der Waals surface area contributed by atoms with E-state index in [0.717, 1.165) is 6.92 Å². The van der Waals surface area contributed by atoms with Crippen LogP contribution in [-0.2, 0) is 39.3 Å². The first kappa shape index (κ1) is 36.0. The van der Waals surface area contributed by atoms with Gasteiger partial charge in [-0.3, -0.25) is 18.7 Å². The van der Waals surface area contributed by atoms with Gasteiger partial charge in [-0.15, -0.1) is 0 Å². The largest absolute Gasteiger partial charge is 0.469 e. The number of nitrogen functional groups attached to an aromatic ring is 1. The maximum atomic E-state index is 16.2. The van der Waals surface area contributed by atoms with Gasteiger partial charge in [0.1, 0.15) is 24.0 Å². The molecule has 1 saturated heterocycles. The zero-order valence-corrected chi connectivity index (χ0v) is 28.1. The van der Waals surface area contributed by atoms with E-state index in [1.54, 1.807) is 51.0 Å². The summed E-state index contributed by atoms with van der Waals surface area (Å²) in [6, 6.07) is 5.32. The van der Waals surface area contributed by atoms with Crippen LogP contribution in [0.3, 0.4) is 0 Å². The Hall–Kier alpha value is -3.89. The molecule has 0 saturated carbocycles. The predicted molar refractivity (Wildman–Crippen MR) is 168 cm³/mol. The number of methoxy groups -OCH3 is 1. The van der Waals surface area contributed by atoms with E-state index in [-0.39, 0.29) is 30.2 Å². The van der Waals surface area contributed by atoms with Crippen molar-refractivity contribution in [3.8, 4) is 5.75 Å². The molecule has 1 fully saturated rings. The summed E-state index contributed by atoms with van der Waals surface area (Å²) >= 11 is 0. The second-order valence-electron chi connectivity index (χ2n) is 11.7. The molecular formula is C29H41FN7O9P. The number of hydrogen-bond donors (Lipinski definition) is 3. The van der Waals surface area contributed by atoms with E-state index in [9.17, 15) is 19.3 Å². The first-order chi connectivity index (χ1) is 22.1. The van der Waals surface area contributed by atoms with Gasteiger partial charge in [0.2, 0.25) is 5.95 Å². The fourth-order valence-electron chi connectivity index (χ4n) is 4.91. The van der Waals surface area contributed by atoms with Crippen molar-refractivity contribution in [1.29, 1.82) is 0 Å². The molecule has 2 aromatic heterocycles. The van der Waals surface area contributed by atoms with Crippen molar-refractivity contribution < 1.29 is 46.9 Å². The zero-order chi connectivity index (χ0) is 34.7. The summed E-state index contributed by atoms with van der Waals surface area (Å²) in [7, 11) is 0.250. The number of alkyl halides is 1. The molecule has 3 aromatic rings. The molecule has 0 amide bonds. The molecule has 3 heterocycles. The van der Waals surface area contributed by atoms with E-state index in [1.807, 2.05) is 0 Å². The lowest BCUT2D eigenvalue weighted by atomic mass is 9.98. The molecule has 1 aromatic carbocycles. The number of hydrogen-bond acceptors (Lipinski definition) is 14. The number of fused-ring (bicyclic) bond motifs is 1. The third kappa shape index (κ3) is 8.16. The number of rotatable bonds is 14. The van der Waals surface area contributed by atoms with Gasteiger partial charge < -0.3 is 34.5 Å². The predicted octanol–water partition coefficient (Wildman–Crippen LogP) is 2.70. The molecule has 4 rings (SSSR count). The Balaban J connectivity index is 1.61. The second kappa shape index (κ2) is 14.5. The minimum atomic E-state index is -4.48. The van der Waals surface area contributed by atoms with Gasteiger partial charge in [0.25, 0.3) is 0 Å². The number of anilines is 2. The van der Waals surface area contributed by atoms with Crippen LogP contribution in [0.4, 0.5) is 16.2 Å². The molecule has 4 N–H and O–H groups in total. The molecule has 258 valence electrons. The van der Waals surface area contributed by atoms with E-state index >= 15 is 4.39 Å². The van der Waals surface area contributed by atoms with Crippen LogP contribution >= 0.6 is 7.75 Å². The van der Waals surface area contributed by atoms with Crippen LogP contribution in [0.1, 0.15) is 45.9 Å². The van der Waals surface area contributed by atoms with Gasteiger partial charge in [0.15, 0.2) is 28.9 Å². The topological polar surface area (TPSA) is 202 Å². The molecular weight excluding hydrogens is 640 g/mol. The third-order valence-corrected chi connectivity index (χ3v) is 8.93. The van der Waals surface area contributed by atoms with Gasteiger partial charge >= 0.3 is 19.7 Å². The summed E-state index contributed by atoms with van der Waals surface area (Å²) in [5, 5.41) is 13.6. The molecule has 0 radical (unpaired) electrons. The Kier molecular flexibility index (Phi) is 11.1. The summed E-state index contributed by atoms with van der Waals surface area (Å²) < 4.78 is 59.2. The van der Waals surface area contributed by atoms with Gasteiger partial charge in [-0.2, -0.15) is 15.1 Å². The number of nitrogens with one attached hydrogen (secondary N) is 1. The Bertz CT molecular complexity index is 1640. The van der Waals surface area contributed by atoms with Crippen molar-refractivity contribution in [3.63, 3.8) is 0 Å². The smallest absolute Gasteiger partial charge is 0.459 e. The minimum absolute atomic E-state index is 0.0146. The number of nitrogens with zero attached hydrogens (tertiary/aromatic N) is 5. The fraction of sp³-hybridized carbons (Fsp3) is 0.552. The van der Waals surface area contributed by atoms with Crippen LogP contribution in [0.2, 0.25) is 0 Å². The lowest BCUT2D eigenvalue weighted by molar-refractivity contribution is -0.149. The van der Waals surface area contributed by atoms with Crippen molar-refractivity contribution in [2.24, 2.45) is 0 Å². The molecule has 1 unspecified atom stereocenters. The number of imidazole rings is 1. The monoisotopic (exact) mass is 681 g/mol. The molecule has 1 aliphatic heterocycles. The SMILES string of the molecule is COC(=O)CCc1ccccc1OP(=O)(N[C@@H](C)C(=O)OC(C)C)OC[C@H]1O[C@@H](n2cnc3c(N(C)C)nc(N)nc32)[C@](C)(F)[C@@H]1O. The number of halogens is 1. The summed E-state index contributed by atoms with van der Waals surface area (Å²) in [6.07, 6.45) is -3.56. The standard InChI is InChI=1S/C29H41FN7O9P/c1-16(2)44-26(40)17(3)35-47(41,46-19-11-9-8-10-18(19)12-13-21(38)42-7)43-14-20-23(39)29(4,30)27(45-20)37-15-32-22-24(36(5)6)33-28(31)34-25(22)37/h8-11,15-17,20,23,27,39H,12-14H2,1-7H3,(H,35,41)(H2,31,33,34)/t17-,20+,23+,27+,29+,47?/m0/s1. The van der Waals surface area contributed by atoms with E-state index in [4.69, 9.17) is 29.0 Å². The highest BCUT2D eigenvalue weighted by Crippen LogP contribution is 2.49. The van der Waals surface area contributed by atoms with Crippen LogP contribution < -0.4 is 20.2 Å². The van der Waals surface area contributed by atoms with Crippen molar-refractivity contribution in [3.05, 3.63) is 36.2 Å². The Labute approximate surface area is 271 Å². The maximum Gasteiger partial charge on any atom is 0.459 e. The van der Waals surface area contributed by atoms with Gasteiger partial charge in [-0.25, -0.2) is 13.9 Å². The van der Waals surface area contributed by atoms with Gasteiger partial charge in [0, 0.05) is 20.5 Å². The molecule has 0 spiro atoms. The number of aromatic nitrogens is 4. The van der Waals surface area contributed by atoms with Crippen LogP contribution in [0.5, 0.6) is 5.75 Å². The second-order valence-corrected chi connectivity index (χ2v) is 13.3. The van der Waals surface area contributed by atoms with Crippen molar-refractivity contribution in [1.82, 2.24) is 24.6 Å². The van der Waals surface area contributed by atoms with Gasteiger partial charge in [-0.05, 0) is 45.7 Å². The van der Waals surface area contributed by atoms with Gasteiger partial charge in [-0.1, -0.05) is 18.2 Å². The van der Waals surface area contributed by atoms with Gasteiger partial charge in [0.05, 0.1) is 26.1 Å². The Morgan fingerprint density at radius 1 is 1.26 bits per heavy atom. The van der Waals surface area contributed by atoms with E-state index in [0.29, 0.717) is 16.9 Å². The number of esters is 2. The number of carbonyl (C=O) groups is 2. The molecule has 1 aliphatic rings. The average molecular weight is 682 g/mol. The fourth-order valence-corrected chi connectivity index (χ4v) is 6.45. The van der Waals surface area contributed by atoms with Crippen LogP contribution in [0.15, 0.2) is 30.6 Å². The number of para-hydroxylation sites is 1. The Morgan fingerprint density at radius 3 is 2.62 bits per heavy atom. The number of ether oxygens (including phenoxy) is 3. The minimum Gasteiger partial charge on any atom is -0.469 e. The van der Waals surface area contributed by atoms with E-state index < -0.39 is 62.5 Å². The molecule has 0 aliphatic carbocycles. The lowest BCUT2D eigenvalue weighted by Crippen LogP contribution is -2.41. The highest BCUT2D eigenvalue weighted by Gasteiger charge is 2.56. The number of nitrogens with two attached hydrogens (primary N) is 1. The van der Waals surface area contributed by atoms with Crippen LogP contribution in [0.25, 0.3) is 11.2 Å². The third-order valence-electron chi connectivity index (χ3n) is 7.30. The van der Waals surface area contributed by atoms with E-state index in [1.165, 1.54) is 31.0 Å². The number of aryl methyl sites for hydroxylation is 1. The summed E-state index contributed by atoms with van der Waals surface area (Å²) in [5.74, 6) is -0.785. The number of aliphatic hydroxyl groups excluding tert-OH is 1. The van der Waals surface area contributed by atoms with Crippen LogP contribution in [-0.4, -0.2) is 94.4 Å². The molecule has 47 heavy (non-hydrogen) atoms. The number of benzene rings is 1. The average Bonchev–Trinajstić information content (AvgIpc) is 3.51. The van der Waals surface area contributed by atoms with Crippen molar-refractivity contribution in [2.75, 3.05) is 38.4 Å². The molecule has 6 atom stereocenters. The normalized spacial score (nSPS) is 23.0.